The Morgan fingerprint density at radius 1 is 0.889 bits per heavy atom. The molecule has 0 aromatic carbocycles. The second-order valence-electron chi connectivity index (χ2n) is 8.62. The third-order valence-corrected chi connectivity index (χ3v) is 4.54. The summed E-state index contributed by atoms with van der Waals surface area (Å²) in [5, 5.41) is 19.0. The number of likely N-dealkylation sites (N-methyl/N-ethyl adjacent to an activating group) is 1. The molecule has 2 atom stereocenters. The Morgan fingerprint density at radius 3 is 1.81 bits per heavy atom. The number of aliphatic carboxylic acids is 1. The molecule has 0 aliphatic rings. The van der Waals surface area contributed by atoms with Crippen LogP contribution in [0.25, 0.3) is 0 Å². The molecule has 6 heteroatoms. The molecule has 0 heterocycles. The van der Waals surface area contributed by atoms with Gasteiger partial charge in [-0.1, -0.05) is 71.1 Å². The number of nitrogens with zero attached hydrogens (tertiary/aromatic N) is 1. The lowest BCUT2D eigenvalue weighted by Crippen LogP contribution is -2.44. The zero-order valence-electron chi connectivity index (χ0n) is 17.9. The number of ether oxygens (including phenoxy) is 1. The van der Waals surface area contributed by atoms with Gasteiger partial charge in [-0.05, 0) is 6.42 Å². The van der Waals surface area contributed by atoms with Gasteiger partial charge in [-0.25, -0.2) is 4.79 Å². The van der Waals surface area contributed by atoms with Gasteiger partial charge in [0.25, 0.3) is 0 Å². The quantitative estimate of drug-likeness (QED) is 0.225. The van der Waals surface area contributed by atoms with Crippen molar-refractivity contribution in [2.75, 3.05) is 27.7 Å². The number of carboxylic acid groups (broad SMARTS) is 1. The fourth-order valence-corrected chi connectivity index (χ4v) is 3.13. The third-order valence-electron chi connectivity index (χ3n) is 4.54. The number of aliphatic hydroxyl groups is 1. The van der Waals surface area contributed by atoms with E-state index >= 15 is 0 Å². The molecule has 0 spiro atoms. The fraction of sp³-hybridized carbons (Fsp3) is 0.905. The Balaban J connectivity index is 3.93. The number of quaternary nitrogens is 1. The molecule has 27 heavy (non-hydrogen) atoms. The molecule has 0 rings (SSSR count). The van der Waals surface area contributed by atoms with Crippen LogP contribution in [-0.2, 0) is 14.3 Å². The predicted octanol–water partition coefficient (Wildman–Crippen LogP) is 3.75. The molecule has 0 fully saturated rings. The Labute approximate surface area is 165 Å². The molecular weight excluding hydrogens is 346 g/mol. The number of carbonyl (C=O) groups excluding carboxylic acids is 1. The molecular formula is C21H42NO5+. The van der Waals surface area contributed by atoms with Crippen molar-refractivity contribution in [3.05, 3.63) is 0 Å². The number of hydrogen-bond donors (Lipinski definition) is 2. The van der Waals surface area contributed by atoms with Gasteiger partial charge in [0.2, 0.25) is 0 Å². The first kappa shape index (κ1) is 25.9. The first-order chi connectivity index (χ1) is 12.7. The lowest BCUT2D eigenvalue weighted by Gasteiger charge is -2.28. The van der Waals surface area contributed by atoms with Crippen molar-refractivity contribution in [1.82, 2.24) is 0 Å². The van der Waals surface area contributed by atoms with E-state index in [0.29, 0.717) is 17.4 Å². The lowest BCUT2D eigenvalue weighted by molar-refractivity contribution is -0.873. The number of aliphatic hydroxyl groups excluding tert-OH is 1. The van der Waals surface area contributed by atoms with Crippen LogP contribution in [0.15, 0.2) is 0 Å². The van der Waals surface area contributed by atoms with Gasteiger partial charge in [-0.2, -0.15) is 0 Å². The molecule has 2 N–H and O–H groups in total. The summed E-state index contributed by atoms with van der Waals surface area (Å²) in [6.07, 6.45) is 10.2. The van der Waals surface area contributed by atoms with Gasteiger partial charge in [0.05, 0.1) is 27.6 Å². The highest BCUT2D eigenvalue weighted by molar-refractivity contribution is 5.75. The maximum absolute atomic E-state index is 12.0. The first-order valence-corrected chi connectivity index (χ1v) is 10.6. The molecule has 0 saturated carbocycles. The monoisotopic (exact) mass is 388 g/mol. The van der Waals surface area contributed by atoms with Crippen LogP contribution in [0, 0.1) is 0 Å². The van der Waals surface area contributed by atoms with Gasteiger partial charge in [0.1, 0.15) is 6.54 Å². The van der Waals surface area contributed by atoms with E-state index < -0.39 is 24.1 Å². The first-order valence-electron chi connectivity index (χ1n) is 10.6. The minimum atomic E-state index is -1.16. The van der Waals surface area contributed by atoms with E-state index in [1.807, 2.05) is 21.1 Å². The molecule has 2 unspecified atom stereocenters. The molecule has 160 valence electrons. The van der Waals surface area contributed by atoms with Crippen molar-refractivity contribution in [2.24, 2.45) is 0 Å². The van der Waals surface area contributed by atoms with Crippen LogP contribution in [0.4, 0.5) is 0 Å². The van der Waals surface area contributed by atoms with Crippen molar-refractivity contribution >= 4 is 11.9 Å². The average Bonchev–Trinajstić information content (AvgIpc) is 2.54. The molecule has 6 nitrogen and oxygen atoms in total. The average molecular weight is 389 g/mol. The minimum absolute atomic E-state index is 0.244. The van der Waals surface area contributed by atoms with E-state index in [9.17, 15) is 14.7 Å². The topological polar surface area (TPSA) is 83.8 Å². The molecule has 0 radical (unpaired) electrons. The van der Waals surface area contributed by atoms with Gasteiger partial charge in [0.15, 0.2) is 12.2 Å². The third kappa shape index (κ3) is 16.7. The maximum atomic E-state index is 12.0. The van der Waals surface area contributed by atoms with Gasteiger partial charge < -0.3 is 19.4 Å². The summed E-state index contributed by atoms with van der Waals surface area (Å²) in [7, 11) is 5.72. The summed E-state index contributed by atoms with van der Waals surface area (Å²) in [6.45, 7) is 2.61. The van der Waals surface area contributed by atoms with Crippen LogP contribution in [0.1, 0.15) is 84.0 Å². The number of unbranched alkanes of at least 4 members (excludes halogenated alkanes) is 9. The van der Waals surface area contributed by atoms with Gasteiger partial charge >= 0.3 is 11.9 Å². The molecule has 0 amide bonds. The summed E-state index contributed by atoms with van der Waals surface area (Å²) < 4.78 is 5.74. The molecule has 0 aliphatic heterocycles. The van der Waals surface area contributed by atoms with Crippen molar-refractivity contribution < 1.29 is 29.0 Å². The van der Waals surface area contributed by atoms with Crippen LogP contribution in [0.5, 0.6) is 0 Å². The van der Waals surface area contributed by atoms with Gasteiger partial charge in [0, 0.05) is 0 Å². The SMILES string of the molecule is CCCCCCCCCCCCC(O)C(=O)OC(CC(=O)O)C[N+](C)(C)C. The largest absolute Gasteiger partial charge is 0.481 e. The Morgan fingerprint density at radius 2 is 1.37 bits per heavy atom. The van der Waals surface area contributed by atoms with Crippen molar-refractivity contribution in [2.45, 2.75) is 96.2 Å². The highest BCUT2D eigenvalue weighted by atomic mass is 16.6. The highest BCUT2D eigenvalue weighted by Crippen LogP contribution is 2.13. The molecule has 0 saturated heterocycles. The molecule has 0 aromatic heterocycles. The van der Waals surface area contributed by atoms with Crippen LogP contribution in [-0.4, -0.2) is 66.5 Å². The summed E-state index contributed by atoms with van der Waals surface area (Å²) in [4.78, 5) is 23.0. The van der Waals surface area contributed by atoms with E-state index in [-0.39, 0.29) is 6.42 Å². The van der Waals surface area contributed by atoms with Crippen molar-refractivity contribution in [1.29, 1.82) is 0 Å². The van der Waals surface area contributed by atoms with Crippen LogP contribution in [0.3, 0.4) is 0 Å². The van der Waals surface area contributed by atoms with Gasteiger partial charge in [-0.15, -0.1) is 0 Å². The second-order valence-corrected chi connectivity index (χ2v) is 8.62. The standard InChI is InChI=1S/C21H41NO5/c1-5-6-7-8-9-10-11-12-13-14-15-19(23)21(26)27-18(16-20(24)25)17-22(2,3)4/h18-19,23H,5-17H2,1-4H3/p+1. The maximum Gasteiger partial charge on any atom is 0.335 e. The fourth-order valence-electron chi connectivity index (χ4n) is 3.13. The number of hydrogen-bond acceptors (Lipinski definition) is 4. The number of rotatable bonds is 17. The molecule has 0 bridgehead atoms. The summed E-state index contributed by atoms with van der Waals surface area (Å²) >= 11 is 0. The normalized spacial score (nSPS) is 14.0. The van der Waals surface area contributed by atoms with E-state index in [1.54, 1.807) is 0 Å². The zero-order chi connectivity index (χ0) is 20.7. The Bertz CT molecular complexity index is 406. The number of carbonyl (C=O) groups is 2. The summed E-state index contributed by atoms with van der Waals surface area (Å²) in [5.41, 5.74) is 0. The highest BCUT2D eigenvalue weighted by Gasteiger charge is 2.27. The smallest absolute Gasteiger partial charge is 0.335 e. The lowest BCUT2D eigenvalue weighted by atomic mass is 10.0. The van der Waals surface area contributed by atoms with E-state index in [1.165, 1.54) is 44.9 Å². The molecule has 0 aromatic rings. The van der Waals surface area contributed by atoms with E-state index in [0.717, 1.165) is 19.3 Å². The van der Waals surface area contributed by atoms with E-state index in [2.05, 4.69) is 6.92 Å². The summed E-state index contributed by atoms with van der Waals surface area (Å²) in [6, 6.07) is 0. The van der Waals surface area contributed by atoms with Crippen molar-refractivity contribution in [3.8, 4) is 0 Å². The molecule has 0 aliphatic carbocycles. The number of esters is 1. The van der Waals surface area contributed by atoms with Crippen LogP contribution < -0.4 is 0 Å². The second kappa shape index (κ2) is 14.9. The number of carboxylic acids is 1. The minimum Gasteiger partial charge on any atom is -0.481 e. The predicted molar refractivity (Wildman–Crippen MR) is 108 cm³/mol. The van der Waals surface area contributed by atoms with Gasteiger partial charge in [-0.3, -0.25) is 4.79 Å². The Kier molecular flexibility index (Phi) is 14.2. The van der Waals surface area contributed by atoms with Crippen LogP contribution in [0.2, 0.25) is 0 Å². The van der Waals surface area contributed by atoms with Crippen LogP contribution >= 0.6 is 0 Å². The van der Waals surface area contributed by atoms with E-state index in [4.69, 9.17) is 9.84 Å². The Hall–Kier alpha value is -1.14. The zero-order valence-corrected chi connectivity index (χ0v) is 17.9. The summed E-state index contributed by atoms with van der Waals surface area (Å²) in [5.74, 6) is -1.71. The van der Waals surface area contributed by atoms with Crippen molar-refractivity contribution in [3.63, 3.8) is 0 Å².